The molecular weight excluding hydrogens is 459 g/mol. The van der Waals surface area contributed by atoms with Gasteiger partial charge in [-0.05, 0) is 38.0 Å². The first-order valence-electron chi connectivity index (χ1n) is 9.59. The van der Waals surface area contributed by atoms with E-state index in [1.807, 2.05) is 6.20 Å². The molecule has 1 N–H and O–H groups in total. The Kier molecular flexibility index (Phi) is 11.7. The number of thiazole rings is 1. The van der Waals surface area contributed by atoms with Crippen LogP contribution in [0.3, 0.4) is 0 Å². The second-order valence-electron chi connectivity index (χ2n) is 7.25. The molecule has 1 aliphatic heterocycles. The van der Waals surface area contributed by atoms with E-state index in [4.69, 9.17) is 9.73 Å². The molecule has 0 bridgehead atoms. The number of guanidine groups is 1. The third kappa shape index (κ3) is 8.52. The minimum absolute atomic E-state index is 0. The predicted molar refractivity (Wildman–Crippen MR) is 122 cm³/mol. The molecule has 0 atom stereocenters. The van der Waals surface area contributed by atoms with Crippen LogP contribution in [0, 0.1) is 11.8 Å². The van der Waals surface area contributed by atoms with E-state index in [-0.39, 0.29) is 24.0 Å². The summed E-state index contributed by atoms with van der Waals surface area (Å²) in [6.07, 6.45) is 6.64. The van der Waals surface area contributed by atoms with Crippen LogP contribution in [0.1, 0.15) is 49.9 Å². The standard InChI is InChI=1S/C19H34N4OS.HI/c1-5-20-19(23(4)9-6-16-7-10-24-11-8-16)22-14-17-13-21-18(25-17)12-15(2)3;/h13,15-16H,5-12,14H2,1-4H3,(H,20,22);1H. The van der Waals surface area contributed by atoms with Crippen LogP contribution >= 0.6 is 35.3 Å². The highest BCUT2D eigenvalue weighted by atomic mass is 127. The van der Waals surface area contributed by atoms with E-state index in [2.05, 4.69) is 43.0 Å². The van der Waals surface area contributed by atoms with Gasteiger partial charge in [0, 0.05) is 50.8 Å². The molecule has 7 heteroatoms. The van der Waals surface area contributed by atoms with Crippen molar-refractivity contribution < 1.29 is 4.74 Å². The van der Waals surface area contributed by atoms with E-state index in [9.17, 15) is 0 Å². The van der Waals surface area contributed by atoms with E-state index >= 15 is 0 Å². The van der Waals surface area contributed by atoms with Crippen molar-refractivity contribution in [1.29, 1.82) is 0 Å². The van der Waals surface area contributed by atoms with Gasteiger partial charge < -0.3 is 15.0 Å². The second-order valence-corrected chi connectivity index (χ2v) is 8.45. The summed E-state index contributed by atoms with van der Waals surface area (Å²) in [4.78, 5) is 12.8. The molecule has 26 heavy (non-hydrogen) atoms. The molecule has 1 saturated heterocycles. The fourth-order valence-electron chi connectivity index (χ4n) is 3.00. The van der Waals surface area contributed by atoms with Gasteiger partial charge in [0.15, 0.2) is 5.96 Å². The number of aromatic nitrogens is 1. The smallest absolute Gasteiger partial charge is 0.194 e. The Bertz CT molecular complexity index is 529. The Morgan fingerprint density at radius 1 is 1.42 bits per heavy atom. The van der Waals surface area contributed by atoms with Crippen molar-refractivity contribution in [1.82, 2.24) is 15.2 Å². The van der Waals surface area contributed by atoms with Crippen LogP contribution in [0.15, 0.2) is 11.2 Å². The number of hydrogen-bond donors (Lipinski definition) is 1. The van der Waals surface area contributed by atoms with Crippen LogP contribution < -0.4 is 5.32 Å². The maximum Gasteiger partial charge on any atom is 0.194 e. The molecule has 150 valence electrons. The van der Waals surface area contributed by atoms with Gasteiger partial charge in [0.2, 0.25) is 0 Å². The monoisotopic (exact) mass is 494 g/mol. The van der Waals surface area contributed by atoms with Crippen molar-refractivity contribution in [3.8, 4) is 0 Å². The Morgan fingerprint density at radius 3 is 2.81 bits per heavy atom. The molecule has 0 unspecified atom stereocenters. The summed E-state index contributed by atoms with van der Waals surface area (Å²) in [6.45, 7) is 11.1. The number of nitrogens with zero attached hydrogens (tertiary/aromatic N) is 3. The lowest BCUT2D eigenvalue weighted by Crippen LogP contribution is -2.40. The topological polar surface area (TPSA) is 49.8 Å². The van der Waals surface area contributed by atoms with Crippen molar-refractivity contribution >= 4 is 41.3 Å². The molecule has 0 spiro atoms. The maximum atomic E-state index is 5.45. The average molecular weight is 494 g/mol. The lowest BCUT2D eigenvalue weighted by Gasteiger charge is -2.26. The summed E-state index contributed by atoms with van der Waals surface area (Å²) in [6, 6.07) is 0. The van der Waals surface area contributed by atoms with E-state index in [0.29, 0.717) is 12.5 Å². The van der Waals surface area contributed by atoms with E-state index < -0.39 is 0 Å². The largest absolute Gasteiger partial charge is 0.381 e. The summed E-state index contributed by atoms with van der Waals surface area (Å²) < 4.78 is 5.45. The average Bonchev–Trinajstić information content (AvgIpc) is 3.04. The first-order valence-corrected chi connectivity index (χ1v) is 10.4. The number of nitrogens with one attached hydrogen (secondary N) is 1. The summed E-state index contributed by atoms with van der Waals surface area (Å²) in [7, 11) is 2.14. The van der Waals surface area contributed by atoms with Crippen molar-refractivity contribution in [2.45, 2.75) is 53.0 Å². The van der Waals surface area contributed by atoms with Crippen LogP contribution in [0.2, 0.25) is 0 Å². The predicted octanol–water partition coefficient (Wildman–Crippen LogP) is 4.17. The highest BCUT2D eigenvalue weighted by Gasteiger charge is 2.15. The summed E-state index contributed by atoms with van der Waals surface area (Å²) in [5.74, 6) is 2.43. The Hall–Kier alpha value is -0.410. The molecular formula is C19H35IN4OS. The SMILES string of the molecule is CCNC(=NCc1cnc(CC(C)C)s1)N(C)CCC1CCOCC1.I. The molecule has 0 radical (unpaired) electrons. The normalized spacial score (nSPS) is 15.8. The highest BCUT2D eigenvalue weighted by molar-refractivity contribution is 14.0. The summed E-state index contributed by atoms with van der Waals surface area (Å²) in [5, 5.41) is 4.64. The van der Waals surface area contributed by atoms with Crippen molar-refractivity contribution in [3.63, 3.8) is 0 Å². The molecule has 2 rings (SSSR count). The van der Waals surface area contributed by atoms with Crippen molar-refractivity contribution in [3.05, 3.63) is 16.1 Å². The lowest BCUT2D eigenvalue weighted by molar-refractivity contribution is 0.0625. The second kappa shape index (κ2) is 12.9. The minimum atomic E-state index is 0. The zero-order valence-electron chi connectivity index (χ0n) is 16.7. The van der Waals surface area contributed by atoms with Gasteiger partial charge in [-0.25, -0.2) is 9.98 Å². The molecule has 1 aliphatic rings. The third-order valence-electron chi connectivity index (χ3n) is 4.48. The zero-order valence-corrected chi connectivity index (χ0v) is 19.8. The molecule has 0 aromatic carbocycles. The Balaban J connectivity index is 0.00000338. The van der Waals surface area contributed by atoms with E-state index in [1.165, 1.54) is 29.1 Å². The van der Waals surface area contributed by atoms with Crippen LogP contribution in [0.5, 0.6) is 0 Å². The van der Waals surface area contributed by atoms with Gasteiger partial charge in [0.1, 0.15) is 0 Å². The van der Waals surface area contributed by atoms with Crippen molar-refractivity contribution in [2.24, 2.45) is 16.8 Å². The van der Waals surface area contributed by atoms with Gasteiger partial charge in [-0.2, -0.15) is 0 Å². The van der Waals surface area contributed by atoms with Gasteiger partial charge in [0.25, 0.3) is 0 Å². The van der Waals surface area contributed by atoms with Crippen LogP contribution in [0.25, 0.3) is 0 Å². The van der Waals surface area contributed by atoms with Gasteiger partial charge in [0.05, 0.1) is 11.6 Å². The lowest BCUT2D eigenvalue weighted by atomic mass is 9.96. The Labute approximate surface area is 180 Å². The Morgan fingerprint density at radius 2 is 2.15 bits per heavy atom. The molecule has 1 aromatic rings. The molecule has 1 aromatic heterocycles. The number of halogens is 1. The first-order chi connectivity index (χ1) is 12.1. The highest BCUT2D eigenvalue weighted by Crippen LogP contribution is 2.19. The first kappa shape index (κ1) is 23.6. The molecule has 2 heterocycles. The quantitative estimate of drug-likeness (QED) is 0.335. The summed E-state index contributed by atoms with van der Waals surface area (Å²) in [5.41, 5.74) is 0. The third-order valence-corrected chi connectivity index (χ3v) is 5.48. The molecule has 0 saturated carbocycles. The molecule has 0 amide bonds. The van der Waals surface area contributed by atoms with E-state index in [0.717, 1.165) is 44.6 Å². The van der Waals surface area contributed by atoms with Gasteiger partial charge in [-0.15, -0.1) is 35.3 Å². The van der Waals surface area contributed by atoms with Gasteiger partial charge in [-0.3, -0.25) is 0 Å². The fraction of sp³-hybridized carbons (Fsp3) is 0.789. The van der Waals surface area contributed by atoms with Crippen LogP contribution in [0.4, 0.5) is 0 Å². The number of rotatable bonds is 8. The minimum Gasteiger partial charge on any atom is -0.381 e. The van der Waals surface area contributed by atoms with Crippen LogP contribution in [-0.2, 0) is 17.7 Å². The van der Waals surface area contributed by atoms with Crippen molar-refractivity contribution in [2.75, 3.05) is 33.4 Å². The maximum absolute atomic E-state index is 5.45. The number of hydrogen-bond acceptors (Lipinski definition) is 4. The van der Waals surface area contributed by atoms with Gasteiger partial charge >= 0.3 is 0 Å². The zero-order chi connectivity index (χ0) is 18.1. The van der Waals surface area contributed by atoms with E-state index in [1.54, 1.807) is 11.3 Å². The molecule has 5 nitrogen and oxygen atoms in total. The molecule has 1 fully saturated rings. The summed E-state index contributed by atoms with van der Waals surface area (Å²) >= 11 is 1.79. The van der Waals surface area contributed by atoms with Crippen LogP contribution in [-0.4, -0.2) is 49.2 Å². The fourth-order valence-corrected chi connectivity index (χ4v) is 4.06. The van der Waals surface area contributed by atoms with Gasteiger partial charge in [-0.1, -0.05) is 13.8 Å². The number of aliphatic imine (C=N–C) groups is 1. The molecule has 0 aliphatic carbocycles. The number of ether oxygens (including phenoxy) is 1.